The normalized spacial score (nSPS) is 29.4. The van der Waals surface area contributed by atoms with Gasteiger partial charge >= 0.3 is 0 Å². The number of hydrogen-bond acceptors (Lipinski definition) is 5. The molecular formula is C14H17ClN2O4. The van der Waals surface area contributed by atoms with Crippen molar-refractivity contribution in [3.8, 4) is 0 Å². The van der Waals surface area contributed by atoms with E-state index in [4.69, 9.17) is 16.3 Å². The molecule has 0 radical (unpaired) electrons. The predicted octanol–water partition coefficient (Wildman–Crippen LogP) is 0.918. The third-order valence-electron chi connectivity index (χ3n) is 4.03. The van der Waals surface area contributed by atoms with Gasteiger partial charge in [-0.1, -0.05) is 0 Å². The van der Waals surface area contributed by atoms with Crippen molar-refractivity contribution in [2.75, 3.05) is 6.61 Å². The number of aryl methyl sites for hydroxylation is 2. The number of hydrogen-bond donors (Lipinski definition) is 3. The van der Waals surface area contributed by atoms with Crippen LogP contribution in [0.3, 0.4) is 0 Å². The second kappa shape index (κ2) is 5.23. The van der Waals surface area contributed by atoms with E-state index in [0.717, 1.165) is 16.6 Å². The van der Waals surface area contributed by atoms with Crippen molar-refractivity contribution in [1.82, 2.24) is 9.55 Å². The molecule has 1 aliphatic rings. The van der Waals surface area contributed by atoms with Gasteiger partial charge in [0.15, 0.2) is 6.23 Å². The largest absolute Gasteiger partial charge is 0.394 e. The summed E-state index contributed by atoms with van der Waals surface area (Å²) in [5, 5.41) is 29.4. The number of fused-ring (bicyclic) bond motifs is 1. The lowest BCUT2D eigenvalue weighted by Crippen LogP contribution is -2.33. The maximum absolute atomic E-state index is 10.1. The first-order valence-corrected chi connectivity index (χ1v) is 7.09. The highest BCUT2D eigenvalue weighted by atomic mass is 35.5. The molecule has 0 saturated carbocycles. The number of aromatic nitrogens is 2. The van der Waals surface area contributed by atoms with Crippen molar-refractivity contribution in [1.29, 1.82) is 0 Å². The van der Waals surface area contributed by atoms with E-state index in [1.165, 1.54) is 0 Å². The standard InChI is InChI=1S/C14H17ClN2O4/c1-6-3-8-9(4-7(6)2)17(14(15)16-8)13-12(20)11(19)10(5-18)21-13/h3-4,10-13,18-20H,5H2,1-2H3/t10-,11-,12-,13-/m1/s1. The van der Waals surface area contributed by atoms with Crippen LogP contribution in [0.25, 0.3) is 11.0 Å². The molecule has 2 heterocycles. The summed E-state index contributed by atoms with van der Waals surface area (Å²) in [6, 6.07) is 3.83. The molecule has 1 aromatic heterocycles. The lowest BCUT2D eigenvalue weighted by molar-refractivity contribution is -0.0507. The van der Waals surface area contributed by atoms with E-state index in [-0.39, 0.29) is 11.9 Å². The Labute approximate surface area is 126 Å². The summed E-state index contributed by atoms with van der Waals surface area (Å²) in [6.45, 7) is 3.57. The third-order valence-corrected chi connectivity index (χ3v) is 4.30. The number of halogens is 1. The van der Waals surface area contributed by atoms with Crippen molar-refractivity contribution in [3.63, 3.8) is 0 Å². The molecule has 0 amide bonds. The Balaban J connectivity index is 2.12. The first-order chi connectivity index (χ1) is 9.93. The number of ether oxygens (including phenoxy) is 1. The second-order valence-electron chi connectivity index (χ2n) is 5.40. The minimum Gasteiger partial charge on any atom is -0.394 e. The number of benzene rings is 1. The summed E-state index contributed by atoms with van der Waals surface area (Å²) in [5.41, 5.74) is 3.57. The molecule has 3 N–H and O–H groups in total. The summed E-state index contributed by atoms with van der Waals surface area (Å²) in [4.78, 5) is 4.26. The van der Waals surface area contributed by atoms with Gasteiger partial charge in [0.25, 0.3) is 0 Å². The zero-order valence-corrected chi connectivity index (χ0v) is 12.4. The van der Waals surface area contributed by atoms with Gasteiger partial charge in [0.1, 0.15) is 18.3 Å². The van der Waals surface area contributed by atoms with Crippen LogP contribution in [-0.2, 0) is 4.74 Å². The molecule has 0 spiro atoms. The van der Waals surface area contributed by atoms with E-state index in [1.807, 2.05) is 26.0 Å². The van der Waals surface area contributed by atoms with Crippen molar-refractivity contribution in [3.05, 3.63) is 28.5 Å². The average molecular weight is 313 g/mol. The fourth-order valence-electron chi connectivity index (χ4n) is 2.66. The van der Waals surface area contributed by atoms with Gasteiger partial charge in [0.05, 0.1) is 17.6 Å². The Bertz CT molecular complexity index is 687. The summed E-state index contributed by atoms with van der Waals surface area (Å²) >= 11 is 6.17. The Morgan fingerprint density at radius 1 is 1.24 bits per heavy atom. The van der Waals surface area contributed by atoms with Gasteiger partial charge in [-0.25, -0.2) is 4.98 Å². The molecule has 21 heavy (non-hydrogen) atoms. The molecule has 1 aromatic carbocycles. The van der Waals surface area contributed by atoms with Gasteiger partial charge in [-0.15, -0.1) is 0 Å². The van der Waals surface area contributed by atoms with Crippen LogP contribution in [0, 0.1) is 13.8 Å². The van der Waals surface area contributed by atoms with Gasteiger partial charge in [0.2, 0.25) is 5.28 Å². The van der Waals surface area contributed by atoms with Crippen molar-refractivity contribution in [2.24, 2.45) is 0 Å². The van der Waals surface area contributed by atoms with Crippen LogP contribution >= 0.6 is 11.6 Å². The summed E-state index contributed by atoms with van der Waals surface area (Å²) < 4.78 is 7.08. The molecule has 1 saturated heterocycles. The highest BCUT2D eigenvalue weighted by Crippen LogP contribution is 2.35. The minimum atomic E-state index is -1.18. The summed E-state index contributed by atoms with van der Waals surface area (Å²) in [5.74, 6) is 0. The molecule has 3 rings (SSSR count). The molecule has 7 heteroatoms. The van der Waals surface area contributed by atoms with E-state index in [0.29, 0.717) is 5.52 Å². The Morgan fingerprint density at radius 2 is 1.90 bits per heavy atom. The summed E-state index contributed by atoms with van der Waals surface area (Å²) in [6.07, 6.45) is -4.07. The SMILES string of the molecule is Cc1cc2nc(Cl)n([C@@H]3O[C@H](CO)[C@@H](O)[C@H]3O)c2cc1C. The molecule has 0 unspecified atom stereocenters. The second-order valence-corrected chi connectivity index (χ2v) is 5.74. The van der Waals surface area contributed by atoms with Crippen LogP contribution in [-0.4, -0.2) is 49.8 Å². The number of aliphatic hydroxyl groups excluding tert-OH is 3. The van der Waals surface area contributed by atoms with Gasteiger partial charge in [-0.3, -0.25) is 4.57 Å². The third kappa shape index (κ3) is 2.23. The van der Waals surface area contributed by atoms with E-state index >= 15 is 0 Å². The number of rotatable bonds is 2. The van der Waals surface area contributed by atoms with Crippen LogP contribution < -0.4 is 0 Å². The topological polar surface area (TPSA) is 87.7 Å². The molecule has 2 aromatic rings. The van der Waals surface area contributed by atoms with Crippen LogP contribution in [0.4, 0.5) is 0 Å². The first kappa shape index (κ1) is 14.7. The molecule has 1 aliphatic heterocycles. The van der Waals surface area contributed by atoms with Gasteiger partial charge in [-0.2, -0.15) is 0 Å². The predicted molar refractivity (Wildman–Crippen MR) is 77.2 cm³/mol. The molecule has 114 valence electrons. The molecule has 1 fully saturated rings. The van der Waals surface area contributed by atoms with Gasteiger partial charge < -0.3 is 20.1 Å². The maximum Gasteiger partial charge on any atom is 0.205 e. The van der Waals surface area contributed by atoms with Crippen molar-refractivity contribution >= 4 is 22.6 Å². The van der Waals surface area contributed by atoms with Crippen LogP contribution in [0.1, 0.15) is 17.4 Å². The molecular weight excluding hydrogens is 296 g/mol. The maximum atomic E-state index is 10.1. The van der Waals surface area contributed by atoms with Crippen LogP contribution in [0.5, 0.6) is 0 Å². The monoisotopic (exact) mass is 312 g/mol. The van der Waals surface area contributed by atoms with Crippen molar-refractivity contribution in [2.45, 2.75) is 38.4 Å². The molecule has 0 bridgehead atoms. The average Bonchev–Trinajstić information content (AvgIpc) is 2.89. The quantitative estimate of drug-likeness (QED) is 0.767. The van der Waals surface area contributed by atoms with Crippen molar-refractivity contribution < 1.29 is 20.1 Å². The van der Waals surface area contributed by atoms with E-state index < -0.39 is 24.5 Å². The fourth-order valence-corrected chi connectivity index (χ4v) is 2.93. The Hall–Kier alpha value is -1.18. The number of imidazole rings is 1. The lowest BCUT2D eigenvalue weighted by Gasteiger charge is -2.18. The molecule has 0 aliphatic carbocycles. The molecule has 4 atom stereocenters. The zero-order chi connectivity index (χ0) is 15.3. The smallest absolute Gasteiger partial charge is 0.205 e. The highest BCUT2D eigenvalue weighted by Gasteiger charge is 2.44. The fraction of sp³-hybridized carbons (Fsp3) is 0.500. The van der Waals surface area contributed by atoms with Crippen LogP contribution in [0.2, 0.25) is 5.28 Å². The highest BCUT2D eigenvalue weighted by molar-refractivity contribution is 6.29. The molecule has 6 nitrogen and oxygen atoms in total. The number of aliphatic hydroxyl groups is 3. The number of nitrogens with zero attached hydrogens (tertiary/aromatic N) is 2. The first-order valence-electron chi connectivity index (χ1n) is 6.71. The summed E-state index contributed by atoms with van der Waals surface area (Å²) in [7, 11) is 0. The van der Waals surface area contributed by atoms with E-state index in [2.05, 4.69) is 4.98 Å². The van der Waals surface area contributed by atoms with Gasteiger partial charge in [0, 0.05) is 0 Å². The zero-order valence-electron chi connectivity index (χ0n) is 11.7. The van der Waals surface area contributed by atoms with E-state index in [9.17, 15) is 15.3 Å². The van der Waals surface area contributed by atoms with E-state index in [1.54, 1.807) is 4.57 Å². The van der Waals surface area contributed by atoms with Gasteiger partial charge in [-0.05, 0) is 48.7 Å². The minimum absolute atomic E-state index is 0.171. The Kier molecular flexibility index (Phi) is 3.67. The van der Waals surface area contributed by atoms with Crippen LogP contribution in [0.15, 0.2) is 12.1 Å². The Morgan fingerprint density at radius 3 is 2.52 bits per heavy atom. The lowest BCUT2D eigenvalue weighted by atomic mass is 10.1.